The van der Waals surface area contributed by atoms with Crippen molar-refractivity contribution in [1.29, 1.82) is 0 Å². The number of hydrogen-bond donors (Lipinski definition) is 2. The number of nitrogens with one attached hydrogen (secondary N) is 2. The molecular weight excluding hydrogens is 250 g/mol. The maximum Gasteiger partial charge on any atom is 0.191 e. The first-order valence-corrected chi connectivity index (χ1v) is 8.27. The molecule has 0 saturated carbocycles. The van der Waals surface area contributed by atoms with E-state index in [1.807, 2.05) is 27.7 Å². The van der Waals surface area contributed by atoms with E-state index in [1.54, 1.807) is 7.05 Å². The summed E-state index contributed by atoms with van der Waals surface area (Å²) in [6.07, 6.45) is 1.91. The van der Waals surface area contributed by atoms with Crippen molar-refractivity contribution in [2.24, 2.45) is 10.4 Å². The van der Waals surface area contributed by atoms with Crippen molar-refractivity contribution in [1.82, 2.24) is 10.6 Å². The van der Waals surface area contributed by atoms with Gasteiger partial charge < -0.3 is 10.6 Å². The Hall–Kier alpha value is -0.780. The summed E-state index contributed by atoms with van der Waals surface area (Å²) in [5.41, 5.74) is -0.0856. The average molecular weight is 277 g/mol. The topological polar surface area (TPSA) is 70.6 Å². The van der Waals surface area contributed by atoms with Gasteiger partial charge in [0, 0.05) is 25.9 Å². The highest BCUT2D eigenvalue weighted by Crippen LogP contribution is 2.19. The smallest absolute Gasteiger partial charge is 0.191 e. The molecule has 0 aromatic rings. The molecule has 0 aliphatic heterocycles. The van der Waals surface area contributed by atoms with Gasteiger partial charge in [-0.05, 0) is 25.7 Å². The Morgan fingerprint density at radius 2 is 1.89 bits per heavy atom. The Labute approximate surface area is 111 Å². The highest BCUT2D eigenvalue weighted by molar-refractivity contribution is 7.90. The molecule has 5 nitrogen and oxygen atoms in total. The predicted molar refractivity (Wildman–Crippen MR) is 77.7 cm³/mol. The van der Waals surface area contributed by atoms with Gasteiger partial charge >= 0.3 is 0 Å². The fraction of sp³-hybridized carbons (Fsp3) is 0.917. The Balaban J connectivity index is 4.24. The summed E-state index contributed by atoms with van der Waals surface area (Å²) in [6.45, 7) is 8.87. The van der Waals surface area contributed by atoms with E-state index in [-0.39, 0.29) is 11.2 Å². The van der Waals surface area contributed by atoms with Crippen LogP contribution in [0, 0.1) is 5.41 Å². The fourth-order valence-corrected chi connectivity index (χ4v) is 2.26. The molecule has 0 spiro atoms. The van der Waals surface area contributed by atoms with Crippen LogP contribution < -0.4 is 10.6 Å². The van der Waals surface area contributed by atoms with E-state index in [2.05, 4.69) is 15.6 Å². The van der Waals surface area contributed by atoms with E-state index >= 15 is 0 Å². The van der Waals surface area contributed by atoms with Gasteiger partial charge in [0.25, 0.3) is 0 Å². The summed E-state index contributed by atoms with van der Waals surface area (Å²) in [6, 6.07) is 0.315. The third kappa shape index (κ3) is 9.27. The lowest BCUT2D eigenvalue weighted by atomic mass is 9.90. The molecule has 0 bridgehead atoms. The maximum atomic E-state index is 11.2. The molecule has 0 rings (SSSR count). The molecule has 0 aromatic heterocycles. The van der Waals surface area contributed by atoms with Crippen molar-refractivity contribution in [2.75, 3.05) is 25.6 Å². The van der Waals surface area contributed by atoms with Crippen LogP contribution in [0.15, 0.2) is 4.99 Å². The zero-order chi connectivity index (χ0) is 14.4. The van der Waals surface area contributed by atoms with Gasteiger partial charge in [-0.15, -0.1) is 0 Å². The molecule has 0 aromatic carbocycles. The van der Waals surface area contributed by atoms with Crippen LogP contribution in [-0.2, 0) is 9.84 Å². The SMILES string of the molecule is CN=C(NCC(C)(C)CCS(C)(=O)=O)NC(C)C. The number of guanidine groups is 1. The molecule has 18 heavy (non-hydrogen) atoms. The third-order valence-electron chi connectivity index (χ3n) is 2.53. The Morgan fingerprint density at radius 1 is 1.33 bits per heavy atom. The van der Waals surface area contributed by atoms with Gasteiger partial charge in [-0.2, -0.15) is 0 Å². The lowest BCUT2D eigenvalue weighted by Crippen LogP contribution is -2.44. The second kappa shape index (κ2) is 6.97. The lowest BCUT2D eigenvalue weighted by molar-refractivity contribution is 0.348. The summed E-state index contributed by atoms with van der Waals surface area (Å²) in [5, 5.41) is 6.42. The molecule has 108 valence electrons. The van der Waals surface area contributed by atoms with Crippen molar-refractivity contribution in [2.45, 2.75) is 40.2 Å². The number of sulfone groups is 1. The summed E-state index contributed by atoms with van der Waals surface area (Å²) in [7, 11) is -1.17. The minimum absolute atomic E-state index is 0.0856. The van der Waals surface area contributed by atoms with Gasteiger partial charge in [-0.25, -0.2) is 8.42 Å². The van der Waals surface area contributed by atoms with E-state index in [0.29, 0.717) is 19.0 Å². The quantitative estimate of drug-likeness (QED) is 0.562. The highest BCUT2D eigenvalue weighted by atomic mass is 32.2. The van der Waals surface area contributed by atoms with Crippen molar-refractivity contribution in [3.05, 3.63) is 0 Å². The lowest BCUT2D eigenvalue weighted by Gasteiger charge is -2.26. The minimum Gasteiger partial charge on any atom is -0.356 e. The number of nitrogens with zero attached hydrogens (tertiary/aromatic N) is 1. The second-order valence-electron chi connectivity index (χ2n) is 5.77. The molecule has 0 amide bonds. The van der Waals surface area contributed by atoms with E-state index in [9.17, 15) is 8.42 Å². The monoisotopic (exact) mass is 277 g/mol. The van der Waals surface area contributed by atoms with Crippen LogP contribution in [0.3, 0.4) is 0 Å². The van der Waals surface area contributed by atoms with Gasteiger partial charge in [0.05, 0.1) is 5.75 Å². The first-order chi connectivity index (χ1) is 8.06. The van der Waals surface area contributed by atoms with E-state index in [0.717, 1.165) is 5.96 Å². The van der Waals surface area contributed by atoms with E-state index in [1.165, 1.54) is 6.26 Å². The Bertz CT molecular complexity index is 373. The van der Waals surface area contributed by atoms with E-state index in [4.69, 9.17) is 0 Å². The van der Waals surface area contributed by atoms with Crippen LogP contribution in [-0.4, -0.2) is 46.0 Å². The van der Waals surface area contributed by atoms with Gasteiger partial charge in [-0.3, -0.25) is 4.99 Å². The van der Waals surface area contributed by atoms with Crippen LogP contribution in [0.5, 0.6) is 0 Å². The zero-order valence-electron chi connectivity index (χ0n) is 12.4. The first-order valence-electron chi connectivity index (χ1n) is 6.21. The number of aliphatic imine (C=N–C) groups is 1. The molecule has 0 radical (unpaired) electrons. The Morgan fingerprint density at radius 3 is 2.28 bits per heavy atom. The van der Waals surface area contributed by atoms with Crippen LogP contribution >= 0.6 is 0 Å². The van der Waals surface area contributed by atoms with Crippen molar-refractivity contribution in [3.8, 4) is 0 Å². The van der Waals surface area contributed by atoms with Crippen molar-refractivity contribution >= 4 is 15.8 Å². The minimum atomic E-state index is -2.89. The van der Waals surface area contributed by atoms with Crippen LogP contribution in [0.2, 0.25) is 0 Å². The molecular formula is C12H27N3O2S. The average Bonchev–Trinajstić information content (AvgIpc) is 2.20. The molecule has 0 unspecified atom stereocenters. The zero-order valence-corrected chi connectivity index (χ0v) is 13.2. The van der Waals surface area contributed by atoms with Gasteiger partial charge in [0.15, 0.2) is 5.96 Å². The normalized spacial score (nSPS) is 13.8. The van der Waals surface area contributed by atoms with Crippen molar-refractivity contribution in [3.63, 3.8) is 0 Å². The molecule has 0 fully saturated rings. The molecule has 0 atom stereocenters. The number of rotatable bonds is 6. The summed E-state index contributed by atoms with van der Waals surface area (Å²) in [5.74, 6) is 0.968. The number of hydrogen-bond acceptors (Lipinski definition) is 3. The molecule has 0 saturated heterocycles. The van der Waals surface area contributed by atoms with Gasteiger partial charge in [0.1, 0.15) is 9.84 Å². The highest BCUT2D eigenvalue weighted by Gasteiger charge is 2.20. The van der Waals surface area contributed by atoms with E-state index < -0.39 is 9.84 Å². The fourth-order valence-electron chi connectivity index (χ4n) is 1.34. The first kappa shape index (κ1) is 17.2. The standard InChI is InChI=1S/C12H27N3O2S/c1-10(2)15-11(13-5)14-9-12(3,4)7-8-18(6,16)17/h10H,7-9H2,1-6H3,(H2,13,14,15). The van der Waals surface area contributed by atoms with Crippen LogP contribution in [0.4, 0.5) is 0 Å². The van der Waals surface area contributed by atoms with Gasteiger partial charge in [-0.1, -0.05) is 13.8 Å². The summed E-state index contributed by atoms with van der Waals surface area (Å²) in [4.78, 5) is 4.12. The third-order valence-corrected chi connectivity index (χ3v) is 3.48. The molecule has 2 N–H and O–H groups in total. The van der Waals surface area contributed by atoms with Crippen molar-refractivity contribution < 1.29 is 8.42 Å². The van der Waals surface area contributed by atoms with Crippen LogP contribution in [0.1, 0.15) is 34.1 Å². The maximum absolute atomic E-state index is 11.2. The second-order valence-corrected chi connectivity index (χ2v) is 8.03. The van der Waals surface area contributed by atoms with Gasteiger partial charge in [0.2, 0.25) is 0 Å². The molecule has 0 aliphatic carbocycles. The molecule has 0 heterocycles. The summed E-state index contributed by atoms with van der Waals surface area (Å²) >= 11 is 0. The molecule has 0 aliphatic rings. The van der Waals surface area contributed by atoms with Crippen LogP contribution in [0.25, 0.3) is 0 Å². The predicted octanol–water partition coefficient (Wildman–Crippen LogP) is 1.02. The Kier molecular flexibility index (Phi) is 6.67. The molecule has 6 heteroatoms. The summed E-state index contributed by atoms with van der Waals surface area (Å²) < 4.78 is 22.3. The largest absolute Gasteiger partial charge is 0.356 e.